The van der Waals surface area contributed by atoms with Crippen molar-refractivity contribution in [3.8, 4) is 11.3 Å². The van der Waals surface area contributed by atoms with Gasteiger partial charge in [-0.1, -0.05) is 30.3 Å². The van der Waals surface area contributed by atoms with Crippen LogP contribution in [0.5, 0.6) is 0 Å². The van der Waals surface area contributed by atoms with E-state index in [1.807, 2.05) is 24.4 Å². The summed E-state index contributed by atoms with van der Waals surface area (Å²) >= 11 is 0. The zero-order chi connectivity index (χ0) is 7.52. The number of aromatic nitrogens is 2. The third kappa shape index (κ3) is 1.31. The molecule has 0 aliphatic heterocycles. The van der Waals surface area contributed by atoms with Gasteiger partial charge in [0.1, 0.15) is 8.51 Å². The van der Waals surface area contributed by atoms with Crippen LogP contribution in [0.15, 0.2) is 36.5 Å². The molecular weight excluding hydrogens is 155 g/mol. The van der Waals surface area contributed by atoms with E-state index in [0.29, 0.717) is 0 Å². The maximum atomic E-state index is 4.23. The topological polar surface area (TPSA) is 28.7 Å². The van der Waals surface area contributed by atoms with Gasteiger partial charge in [0.05, 0.1) is 5.69 Å². The number of H-pyrrole nitrogens is 1. The summed E-state index contributed by atoms with van der Waals surface area (Å²) < 4.78 is 7.24. The molecule has 3 heteroatoms. The molecule has 0 radical (unpaired) electrons. The van der Waals surface area contributed by atoms with Crippen molar-refractivity contribution in [2.24, 2.45) is 0 Å². The Morgan fingerprint density at radius 2 is 2.00 bits per heavy atom. The largest absolute Gasteiger partial charge is 0.327 e. The van der Waals surface area contributed by atoms with Crippen molar-refractivity contribution in [2.45, 2.75) is 0 Å². The zero-order valence-electron chi connectivity index (χ0n) is 5.86. The number of aromatic amines is 1. The maximum Gasteiger partial charge on any atom is 0.129 e. The van der Waals surface area contributed by atoms with E-state index in [1.165, 1.54) is 5.56 Å². The van der Waals surface area contributed by atoms with Gasteiger partial charge >= 0.3 is 0 Å². The minimum Gasteiger partial charge on any atom is -0.327 e. The molecule has 0 atom stereocenters. The number of benzene rings is 1. The first-order valence-electron chi connectivity index (χ1n) is 3.39. The van der Waals surface area contributed by atoms with E-state index >= 15 is 0 Å². The van der Waals surface area contributed by atoms with Crippen LogP contribution in [0.1, 0.15) is 0 Å². The fourth-order valence-corrected chi connectivity index (χ4v) is 1.47. The van der Waals surface area contributed by atoms with E-state index in [9.17, 15) is 0 Å². The third-order valence-corrected chi connectivity index (χ3v) is 2.05. The standard InChI is InChI=1S/C8H7N2P/c1-2-4-7(5-3-1)8-6-9-11-10-8/h1-6H,(H,9,10). The molecule has 1 aromatic heterocycles. The van der Waals surface area contributed by atoms with E-state index in [4.69, 9.17) is 0 Å². The predicted molar refractivity (Wildman–Crippen MR) is 46.5 cm³/mol. The molecule has 0 saturated heterocycles. The summed E-state index contributed by atoms with van der Waals surface area (Å²) in [7, 11) is 0.928. The van der Waals surface area contributed by atoms with Crippen molar-refractivity contribution in [3.63, 3.8) is 0 Å². The molecule has 1 heterocycles. The minimum absolute atomic E-state index is 0.928. The van der Waals surface area contributed by atoms with Crippen molar-refractivity contribution in [3.05, 3.63) is 36.5 Å². The number of hydrogen-bond acceptors (Lipinski definition) is 1. The molecule has 1 aromatic carbocycles. The van der Waals surface area contributed by atoms with E-state index in [1.54, 1.807) is 0 Å². The molecule has 2 nitrogen and oxygen atoms in total. The van der Waals surface area contributed by atoms with Crippen LogP contribution in [-0.4, -0.2) is 9.49 Å². The second kappa shape index (κ2) is 2.85. The van der Waals surface area contributed by atoms with Crippen LogP contribution in [0, 0.1) is 0 Å². The Morgan fingerprint density at radius 3 is 2.64 bits per heavy atom. The summed E-state index contributed by atoms with van der Waals surface area (Å²) in [5.74, 6) is 0. The molecule has 0 spiro atoms. The van der Waals surface area contributed by atoms with Gasteiger partial charge in [-0.05, 0) is 0 Å². The Morgan fingerprint density at radius 1 is 1.18 bits per heavy atom. The Labute approximate surface area is 66.5 Å². The summed E-state index contributed by atoms with van der Waals surface area (Å²) in [5.41, 5.74) is 2.21. The van der Waals surface area contributed by atoms with Gasteiger partial charge in [-0.2, -0.15) is 0 Å². The zero-order valence-corrected chi connectivity index (χ0v) is 6.75. The van der Waals surface area contributed by atoms with Gasteiger partial charge < -0.3 is 4.75 Å². The van der Waals surface area contributed by atoms with Crippen LogP contribution in [-0.2, 0) is 0 Å². The molecule has 0 aliphatic carbocycles. The molecule has 0 unspecified atom stereocenters. The molecule has 54 valence electrons. The van der Waals surface area contributed by atoms with Crippen LogP contribution in [0.4, 0.5) is 0 Å². The average molecular weight is 162 g/mol. The predicted octanol–water partition coefficient (Wildman–Crippen LogP) is 2.66. The van der Waals surface area contributed by atoms with E-state index in [2.05, 4.69) is 21.6 Å². The maximum absolute atomic E-state index is 4.23. The van der Waals surface area contributed by atoms with Crippen LogP contribution < -0.4 is 0 Å². The van der Waals surface area contributed by atoms with E-state index in [-0.39, 0.29) is 0 Å². The first-order chi connectivity index (χ1) is 5.47. The molecule has 0 fully saturated rings. The lowest BCUT2D eigenvalue weighted by molar-refractivity contribution is 1.49. The molecule has 1 N–H and O–H groups in total. The molecule has 2 aromatic rings. The highest BCUT2D eigenvalue weighted by Gasteiger charge is 1.95. The fraction of sp³-hybridized carbons (Fsp3) is 0. The van der Waals surface area contributed by atoms with Crippen LogP contribution in [0.3, 0.4) is 0 Å². The van der Waals surface area contributed by atoms with Gasteiger partial charge in [-0.15, -0.1) is 0 Å². The van der Waals surface area contributed by atoms with E-state index in [0.717, 1.165) is 14.2 Å². The monoisotopic (exact) mass is 162 g/mol. The van der Waals surface area contributed by atoms with Crippen molar-refractivity contribution in [1.29, 1.82) is 0 Å². The van der Waals surface area contributed by atoms with Gasteiger partial charge in [0.15, 0.2) is 0 Å². The minimum atomic E-state index is 0.928. The summed E-state index contributed by atoms with van der Waals surface area (Å²) in [6, 6.07) is 10.1. The fourth-order valence-electron chi connectivity index (χ4n) is 0.952. The average Bonchev–Trinajstić information content (AvgIpc) is 2.58. The highest BCUT2D eigenvalue weighted by molar-refractivity contribution is 7.20. The van der Waals surface area contributed by atoms with E-state index < -0.39 is 0 Å². The normalized spacial score (nSPS) is 10.5. The molecular formula is C8H7N2P. The molecule has 2 rings (SSSR count). The smallest absolute Gasteiger partial charge is 0.129 e. The first kappa shape index (κ1) is 6.56. The number of nitrogens with one attached hydrogen (secondary N) is 1. The van der Waals surface area contributed by atoms with Crippen molar-refractivity contribution >= 4 is 8.51 Å². The lowest BCUT2D eigenvalue weighted by Crippen LogP contribution is -1.72. The summed E-state index contributed by atoms with van der Waals surface area (Å²) in [6.07, 6.45) is 1.93. The second-order valence-electron chi connectivity index (χ2n) is 2.22. The van der Waals surface area contributed by atoms with Crippen LogP contribution in [0.2, 0.25) is 0 Å². The Bertz CT molecular complexity index is 315. The molecule has 0 aliphatic rings. The van der Waals surface area contributed by atoms with Crippen LogP contribution >= 0.6 is 8.51 Å². The van der Waals surface area contributed by atoms with Gasteiger partial charge in [-0.3, -0.25) is 0 Å². The van der Waals surface area contributed by atoms with Crippen LogP contribution in [0.25, 0.3) is 11.3 Å². The van der Waals surface area contributed by atoms with Crippen molar-refractivity contribution in [2.75, 3.05) is 0 Å². The summed E-state index contributed by atoms with van der Waals surface area (Å²) in [4.78, 5) is 0. The third-order valence-electron chi connectivity index (χ3n) is 1.49. The summed E-state index contributed by atoms with van der Waals surface area (Å²) in [6.45, 7) is 0. The molecule has 11 heavy (non-hydrogen) atoms. The lowest BCUT2D eigenvalue weighted by Gasteiger charge is -1.91. The quantitative estimate of drug-likeness (QED) is 0.686. The number of rotatable bonds is 1. The first-order valence-corrected chi connectivity index (χ1v) is 4.23. The van der Waals surface area contributed by atoms with Gasteiger partial charge in [0.2, 0.25) is 0 Å². The number of nitrogens with zero attached hydrogens (tertiary/aromatic N) is 1. The number of hydrogen-bond donors (Lipinski definition) is 1. The lowest BCUT2D eigenvalue weighted by atomic mass is 10.2. The van der Waals surface area contributed by atoms with Gasteiger partial charge in [0, 0.05) is 11.8 Å². The Kier molecular flexibility index (Phi) is 1.70. The Balaban J connectivity index is 2.46. The highest BCUT2D eigenvalue weighted by atomic mass is 31.1. The van der Waals surface area contributed by atoms with Crippen molar-refractivity contribution < 1.29 is 0 Å². The van der Waals surface area contributed by atoms with Crippen molar-refractivity contribution in [1.82, 2.24) is 9.49 Å². The van der Waals surface area contributed by atoms with Gasteiger partial charge in [0.25, 0.3) is 0 Å². The highest BCUT2D eigenvalue weighted by Crippen LogP contribution is 2.16. The Hall–Kier alpha value is -1.14. The molecule has 0 bridgehead atoms. The van der Waals surface area contributed by atoms with Gasteiger partial charge in [-0.25, -0.2) is 4.75 Å². The summed E-state index contributed by atoms with van der Waals surface area (Å²) in [5, 5.41) is 0. The second-order valence-corrected chi connectivity index (χ2v) is 2.88. The SMILES string of the molecule is c1ccc(-c2c[nH]pn2)cc1. The molecule has 0 saturated carbocycles. The molecule has 0 amide bonds.